The van der Waals surface area contributed by atoms with Crippen molar-refractivity contribution < 1.29 is 21.1 Å². The van der Waals surface area contributed by atoms with E-state index < -0.39 is 15.1 Å². The molecule has 1 saturated heterocycles. The Labute approximate surface area is 80.7 Å². The fraction of sp³-hybridized carbons (Fsp3) is 0.667. The van der Waals surface area contributed by atoms with Gasteiger partial charge >= 0.3 is 15.1 Å². The van der Waals surface area contributed by atoms with Crippen LogP contribution in [-0.4, -0.2) is 46.2 Å². The molecule has 1 fully saturated rings. The molecule has 0 radical (unpaired) electrons. The molecular weight excluding hydrogens is 193 g/mol. The van der Waals surface area contributed by atoms with E-state index in [2.05, 4.69) is 0 Å². The minimum atomic E-state index is -2.34. The normalized spacial score (nSPS) is 16.9. The quantitative estimate of drug-likeness (QED) is 0.448. The second-order valence-electron chi connectivity index (χ2n) is 2.45. The van der Waals surface area contributed by atoms with E-state index in [0.717, 1.165) is 5.06 Å². The third-order valence-corrected chi connectivity index (χ3v) is 2.73. The van der Waals surface area contributed by atoms with Gasteiger partial charge in [-0.25, -0.2) is 0 Å². The number of rotatable bonds is 4. The number of nitrogens with zero attached hydrogens (tertiary/aromatic N) is 1. The highest BCUT2D eigenvalue weighted by atomic mass is 27.3. The number of amides is 2. The zero-order valence-electron chi connectivity index (χ0n) is 7.48. The number of imide groups is 1. The van der Waals surface area contributed by atoms with Crippen LogP contribution in [0.5, 0.6) is 0 Å². The molecule has 0 bridgehead atoms. The van der Waals surface area contributed by atoms with Gasteiger partial charge in [-0.3, -0.25) is 9.59 Å². The molecule has 1 heterocycles. The lowest BCUT2D eigenvalue weighted by atomic mass is 10.4. The molecule has 0 atom stereocenters. The van der Waals surface area contributed by atoms with E-state index in [1.807, 2.05) is 0 Å². The van der Waals surface area contributed by atoms with Crippen LogP contribution < -0.4 is 0 Å². The van der Waals surface area contributed by atoms with Gasteiger partial charge in [-0.15, -0.1) is 0 Å². The Hall–Kier alpha value is -0.448. The maximum atomic E-state index is 11.0. The molecule has 1 rings (SSSR count). The molecule has 0 unspecified atom stereocenters. The predicted molar refractivity (Wildman–Crippen MR) is 41.9 cm³/mol. The van der Waals surface area contributed by atoms with Crippen molar-refractivity contribution in [2.45, 2.75) is 12.8 Å². The minimum Gasteiger partial charge on any atom is -0.456 e. The van der Waals surface area contributed by atoms with E-state index in [9.17, 15) is 9.59 Å². The zero-order valence-corrected chi connectivity index (χ0v) is 8.63. The van der Waals surface area contributed by atoms with Crippen molar-refractivity contribution in [3.8, 4) is 0 Å². The zero-order chi connectivity index (χ0) is 9.84. The Morgan fingerprint density at radius 2 is 1.62 bits per heavy atom. The summed E-state index contributed by atoms with van der Waals surface area (Å²) in [5.41, 5.74) is 0. The molecule has 0 aromatic carbocycles. The smallest absolute Gasteiger partial charge is 0.456 e. The van der Waals surface area contributed by atoms with Crippen LogP contribution in [0.4, 0.5) is 0 Å². The van der Waals surface area contributed by atoms with Gasteiger partial charge in [-0.1, -0.05) is 0 Å². The Kier molecular flexibility index (Phi) is 3.84. The van der Waals surface area contributed by atoms with Crippen molar-refractivity contribution in [2.75, 3.05) is 14.2 Å². The number of hydrogen-bond acceptors (Lipinski definition) is 5. The van der Waals surface area contributed by atoms with Gasteiger partial charge in [0, 0.05) is 27.1 Å². The molecular formula is C6H10AlNO5. The standard InChI is InChI=1S/C4H4NO3.2CH3O.Al/c6-3-1-2-4(7)5(3)8;2*1-2;/h1-2H2;2*1H3;/q3*-1;+3. The van der Waals surface area contributed by atoms with Crippen molar-refractivity contribution in [1.29, 1.82) is 0 Å². The van der Waals surface area contributed by atoms with Crippen molar-refractivity contribution in [3.05, 3.63) is 0 Å². The Morgan fingerprint density at radius 3 is 2.00 bits per heavy atom. The summed E-state index contributed by atoms with van der Waals surface area (Å²) in [6, 6.07) is 0. The van der Waals surface area contributed by atoms with Crippen LogP contribution in [0.15, 0.2) is 0 Å². The van der Waals surface area contributed by atoms with E-state index in [-0.39, 0.29) is 24.7 Å². The van der Waals surface area contributed by atoms with E-state index in [4.69, 9.17) is 11.5 Å². The number of hydroxylamine groups is 2. The molecule has 2 amide bonds. The van der Waals surface area contributed by atoms with Crippen LogP contribution in [-0.2, 0) is 21.1 Å². The van der Waals surface area contributed by atoms with Crippen LogP contribution in [0.25, 0.3) is 0 Å². The van der Waals surface area contributed by atoms with E-state index in [1.54, 1.807) is 0 Å². The second kappa shape index (κ2) is 4.70. The van der Waals surface area contributed by atoms with Crippen molar-refractivity contribution >= 4 is 27.0 Å². The largest absolute Gasteiger partial charge is 0.929 e. The van der Waals surface area contributed by atoms with Crippen LogP contribution in [0, 0.1) is 0 Å². The Balaban J connectivity index is 2.51. The maximum absolute atomic E-state index is 11.0. The molecule has 0 spiro atoms. The lowest BCUT2D eigenvalue weighted by molar-refractivity contribution is -0.171. The summed E-state index contributed by atoms with van der Waals surface area (Å²) in [6.07, 6.45) is 0.404. The maximum Gasteiger partial charge on any atom is 0.929 e. The van der Waals surface area contributed by atoms with Gasteiger partial charge in [-0.05, 0) is 0 Å². The third-order valence-electron chi connectivity index (χ3n) is 1.58. The fourth-order valence-corrected chi connectivity index (χ4v) is 1.71. The molecule has 6 nitrogen and oxygen atoms in total. The molecule has 0 aromatic heterocycles. The first-order valence-electron chi connectivity index (χ1n) is 3.77. The first-order chi connectivity index (χ1) is 6.19. The molecule has 0 saturated carbocycles. The van der Waals surface area contributed by atoms with Crippen LogP contribution in [0.3, 0.4) is 0 Å². The average Bonchev–Trinajstić information content (AvgIpc) is 2.44. The molecule has 7 heteroatoms. The summed E-state index contributed by atoms with van der Waals surface area (Å²) < 4.78 is 14.6. The summed E-state index contributed by atoms with van der Waals surface area (Å²) in [7, 11) is 2.82. The van der Waals surface area contributed by atoms with Gasteiger partial charge in [0.05, 0.1) is 0 Å². The molecule has 0 N–H and O–H groups in total. The monoisotopic (exact) mass is 203 g/mol. The Bertz CT molecular complexity index is 201. The highest BCUT2D eigenvalue weighted by Gasteiger charge is 2.39. The highest BCUT2D eigenvalue weighted by molar-refractivity contribution is 6.36. The van der Waals surface area contributed by atoms with Gasteiger partial charge in [0.25, 0.3) is 11.8 Å². The highest BCUT2D eigenvalue weighted by Crippen LogP contribution is 2.12. The van der Waals surface area contributed by atoms with Crippen molar-refractivity contribution in [2.24, 2.45) is 0 Å². The van der Waals surface area contributed by atoms with E-state index in [1.165, 1.54) is 14.2 Å². The third kappa shape index (κ3) is 2.50. The summed E-state index contributed by atoms with van der Waals surface area (Å²) in [6.45, 7) is 0. The van der Waals surface area contributed by atoms with Crippen molar-refractivity contribution in [3.63, 3.8) is 0 Å². The minimum absolute atomic E-state index is 0.202. The van der Waals surface area contributed by atoms with Gasteiger partial charge < -0.3 is 11.5 Å². The molecule has 1 aliphatic rings. The average molecular weight is 203 g/mol. The SMILES string of the molecule is C[O][Al]([O]C)[O]N1C(=O)CCC1=O. The van der Waals surface area contributed by atoms with E-state index in [0.29, 0.717) is 0 Å². The summed E-state index contributed by atoms with van der Waals surface area (Å²) in [4.78, 5) is 22.1. The first-order valence-corrected chi connectivity index (χ1v) is 5.18. The predicted octanol–water partition coefficient (Wildman–Crippen LogP) is -0.655. The number of hydrogen-bond donors (Lipinski definition) is 0. The van der Waals surface area contributed by atoms with Gasteiger partial charge in [0.15, 0.2) is 0 Å². The van der Waals surface area contributed by atoms with Crippen LogP contribution in [0.2, 0.25) is 0 Å². The van der Waals surface area contributed by atoms with Crippen molar-refractivity contribution in [1.82, 2.24) is 5.06 Å². The fourth-order valence-electron chi connectivity index (χ4n) is 0.942. The van der Waals surface area contributed by atoms with Gasteiger partial charge in [-0.2, -0.15) is 5.06 Å². The van der Waals surface area contributed by atoms with Gasteiger partial charge in [0.1, 0.15) is 0 Å². The molecule has 0 aliphatic carbocycles. The molecule has 1 aliphatic heterocycles. The first kappa shape index (κ1) is 10.6. The topological polar surface area (TPSA) is 65.1 Å². The summed E-state index contributed by atoms with van der Waals surface area (Å²) in [5.74, 6) is -0.673. The molecule has 0 aromatic rings. The number of carbonyl (C=O) groups excluding carboxylic acids is 2. The molecule has 13 heavy (non-hydrogen) atoms. The number of carbonyl (C=O) groups is 2. The summed E-state index contributed by atoms with van der Waals surface area (Å²) in [5, 5.41) is 0.740. The Morgan fingerprint density at radius 1 is 1.15 bits per heavy atom. The lowest BCUT2D eigenvalue weighted by Crippen LogP contribution is -2.38. The summed E-state index contributed by atoms with van der Waals surface area (Å²) >= 11 is -2.34. The molecule has 72 valence electrons. The van der Waals surface area contributed by atoms with Gasteiger partial charge in [0.2, 0.25) is 0 Å². The van der Waals surface area contributed by atoms with Crippen LogP contribution >= 0.6 is 0 Å². The lowest BCUT2D eigenvalue weighted by Gasteiger charge is -2.15. The van der Waals surface area contributed by atoms with Crippen LogP contribution in [0.1, 0.15) is 12.8 Å². The second-order valence-corrected chi connectivity index (χ2v) is 4.18. The van der Waals surface area contributed by atoms with E-state index >= 15 is 0 Å².